The number of aromatic amines is 3. The summed E-state index contributed by atoms with van der Waals surface area (Å²) in [7, 11) is 0. The molecule has 0 saturated heterocycles. The van der Waals surface area contributed by atoms with Crippen molar-refractivity contribution in [3.63, 3.8) is 0 Å². The van der Waals surface area contributed by atoms with Crippen molar-refractivity contribution in [2.24, 2.45) is 0 Å². The average molecular weight is 407 g/mol. The molecule has 0 amide bonds. The van der Waals surface area contributed by atoms with Gasteiger partial charge in [-0.25, -0.2) is 4.98 Å². The minimum atomic E-state index is 0.722. The maximum Gasteiger partial charge on any atom is 0.159 e. The van der Waals surface area contributed by atoms with Gasteiger partial charge in [0, 0.05) is 23.2 Å². The van der Waals surface area contributed by atoms with Crippen LogP contribution in [0.15, 0.2) is 61.1 Å². The lowest BCUT2D eigenvalue weighted by atomic mass is 10.1. The number of hydrogen-bond acceptors (Lipinski definition) is 5. The van der Waals surface area contributed by atoms with Crippen LogP contribution < -0.4 is 0 Å². The van der Waals surface area contributed by atoms with Gasteiger partial charge >= 0.3 is 0 Å². The third-order valence-corrected chi connectivity index (χ3v) is 6.37. The van der Waals surface area contributed by atoms with Crippen molar-refractivity contribution in [1.29, 1.82) is 0 Å². The van der Waals surface area contributed by atoms with E-state index in [1.165, 1.54) is 0 Å². The van der Waals surface area contributed by atoms with Crippen molar-refractivity contribution in [3.05, 3.63) is 61.1 Å². The summed E-state index contributed by atoms with van der Waals surface area (Å²) in [6, 6.07) is 14.4. The highest BCUT2D eigenvalue weighted by Gasteiger charge is 2.10. The van der Waals surface area contributed by atoms with Gasteiger partial charge in [-0.15, -0.1) is 11.3 Å². The molecule has 0 aliphatic rings. The molecule has 7 nitrogen and oxygen atoms in total. The zero-order valence-corrected chi connectivity index (χ0v) is 16.3. The highest BCUT2D eigenvalue weighted by molar-refractivity contribution is 7.23. The first-order valence-corrected chi connectivity index (χ1v) is 10.3. The largest absolute Gasteiger partial charge is 0.346 e. The Morgan fingerprint density at radius 3 is 2.80 bits per heavy atom. The molecule has 0 aliphatic carbocycles. The maximum atomic E-state index is 4.89. The van der Waals surface area contributed by atoms with E-state index in [9.17, 15) is 0 Å². The van der Waals surface area contributed by atoms with Gasteiger partial charge in [0.15, 0.2) is 5.65 Å². The number of H-pyrrole nitrogens is 3. The Labute approximate surface area is 172 Å². The molecule has 6 heterocycles. The molecule has 0 spiro atoms. The van der Waals surface area contributed by atoms with E-state index in [1.807, 2.05) is 30.7 Å². The molecule has 8 heteroatoms. The summed E-state index contributed by atoms with van der Waals surface area (Å²) in [5, 5.41) is 10.8. The Bertz CT molecular complexity index is 1820. The van der Waals surface area contributed by atoms with Gasteiger partial charge in [0.1, 0.15) is 16.6 Å². The van der Waals surface area contributed by atoms with Crippen LogP contribution in [0.25, 0.3) is 64.4 Å². The fourth-order valence-electron chi connectivity index (χ4n) is 3.94. The average Bonchev–Trinajstić information content (AvgIpc) is 3.50. The van der Waals surface area contributed by atoms with Crippen LogP contribution in [0.5, 0.6) is 0 Å². The van der Waals surface area contributed by atoms with Crippen molar-refractivity contribution >= 4 is 75.8 Å². The summed E-state index contributed by atoms with van der Waals surface area (Å²) in [6.45, 7) is 0. The molecule has 7 aromatic rings. The number of aromatic nitrogens is 7. The summed E-state index contributed by atoms with van der Waals surface area (Å²) in [5.41, 5.74) is 6.04. The molecule has 3 N–H and O–H groups in total. The Kier molecular flexibility index (Phi) is 3.03. The predicted molar refractivity (Wildman–Crippen MR) is 121 cm³/mol. The van der Waals surface area contributed by atoms with E-state index in [2.05, 4.69) is 60.5 Å². The summed E-state index contributed by atoms with van der Waals surface area (Å²) in [6.07, 6.45) is 5.52. The van der Waals surface area contributed by atoms with E-state index < -0.39 is 0 Å². The first-order valence-electron chi connectivity index (χ1n) is 9.48. The third kappa shape index (κ3) is 2.25. The van der Waals surface area contributed by atoms with Crippen LogP contribution in [0.1, 0.15) is 0 Å². The first-order chi connectivity index (χ1) is 14.8. The zero-order valence-electron chi connectivity index (χ0n) is 15.5. The molecule has 0 unspecified atom stereocenters. The van der Waals surface area contributed by atoms with Crippen LogP contribution in [-0.4, -0.2) is 35.1 Å². The number of rotatable bonds is 0. The highest BCUT2D eigenvalue weighted by Crippen LogP contribution is 2.28. The van der Waals surface area contributed by atoms with Gasteiger partial charge in [-0.1, -0.05) is 6.07 Å². The van der Waals surface area contributed by atoms with Crippen LogP contribution in [0.3, 0.4) is 0 Å². The zero-order chi connectivity index (χ0) is 19.7. The molecule has 0 atom stereocenters. The van der Waals surface area contributed by atoms with E-state index in [0.29, 0.717) is 0 Å². The van der Waals surface area contributed by atoms with Gasteiger partial charge < -0.3 is 9.97 Å². The lowest BCUT2D eigenvalue weighted by Crippen LogP contribution is -1.77. The normalized spacial score (nSPS) is 12.0. The molecule has 0 saturated carbocycles. The number of benzene rings is 1. The van der Waals surface area contributed by atoms with Crippen molar-refractivity contribution in [3.8, 4) is 0 Å². The van der Waals surface area contributed by atoms with Crippen molar-refractivity contribution < 1.29 is 0 Å². The molecule has 0 aliphatic heterocycles. The summed E-state index contributed by atoms with van der Waals surface area (Å²) >= 11 is 1.64. The predicted octanol–water partition coefficient (Wildman–Crippen LogP) is 5.36. The molecular weight excluding hydrogens is 394 g/mol. The van der Waals surface area contributed by atoms with E-state index in [4.69, 9.17) is 4.98 Å². The van der Waals surface area contributed by atoms with E-state index >= 15 is 0 Å². The highest BCUT2D eigenvalue weighted by atomic mass is 32.1. The van der Waals surface area contributed by atoms with Crippen molar-refractivity contribution in [2.75, 3.05) is 0 Å². The maximum absolute atomic E-state index is 4.89. The van der Waals surface area contributed by atoms with Crippen LogP contribution in [0.4, 0.5) is 0 Å². The number of fused-ring (bicyclic) bond motifs is 9. The van der Waals surface area contributed by atoms with Crippen LogP contribution in [0, 0.1) is 0 Å². The molecule has 30 heavy (non-hydrogen) atoms. The van der Waals surface area contributed by atoms with Gasteiger partial charge in [0.25, 0.3) is 0 Å². The molecular formula is C22H13N7S. The van der Waals surface area contributed by atoms with Gasteiger partial charge in [-0.3, -0.25) is 15.1 Å². The Morgan fingerprint density at radius 1 is 0.800 bits per heavy atom. The lowest BCUT2D eigenvalue weighted by Gasteiger charge is -1.96. The van der Waals surface area contributed by atoms with E-state index in [0.717, 1.165) is 64.4 Å². The summed E-state index contributed by atoms with van der Waals surface area (Å²) in [4.78, 5) is 21.9. The number of thiophene rings is 1. The Morgan fingerprint density at radius 2 is 1.80 bits per heavy atom. The fourth-order valence-corrected chi connectivity index (χ4v) is 4.87. The number of pyridine rings is 2. The quantitative estimate of drug-likeness (QED) is 0.315. The second-order valence-electron chi connectivity index (χ2n) is 7.22. The smallest absolute Gasteiger partial charge is 0.159 e. The lowest BCUT2D eigenvalue weighted by molar-refractivity contribution is 1.15. The minimum absolute atomic E-state index is 0.722. The van der Waals surface area contributed by atoms with E-state index in [-0.39, 0.29) is 0 Å². The number of imidazole rings is 1. The van der Waals surface area contributed by atoms with Crippen LogP contribution in [0.2, 0.25) is 0 Å². The Hall–Kier alpha value is -4.04. The summed E-state index contributed by atoms with van der Waals surface area (Å²) in [5.74, 6) is 0. The van der Waals surface area contributed by atoms with Gasteiger partial charge in [0.2, 0.25) is 0 Å². The second-order valence-corrected chi connectivity index (χ2v) is 8.31. The SMILES string of the molecule is c1cc2[nH]c3nc2c(n1)c1ccc([nH]c2cncc(c2)c2ccc4[nH]nc3c4c2)s1. The first kappa shape index (κ1) is 15.8. The van der Waals surface area contributed by atoms with E-state index in [1.54, 1.807) is 11.3 Å². The molecule has 6 aromatic heterocycles. The number of nitrogens with one attached hydrogen (secondary N) is 3. The van der Waals surface area contributed by atoms with Crippen molar-refractivity contribution in [1.82, 2.24) is 35.1 Å². The standard InChI is InChI=1S/C22H13N7S/c1-2-15-14-8-11(1)12-7-13(10-23-9-12)25-18-4-3-17(30-18)21-20-16(5-6-24-21)26-22(27-20)19(14)29-28-15/h1-10,25H,(H,26,27)(H,28,29). The summed E-state index contributed by atoms with van der Waals surface area (Å²) < 4.78 is 1.05. The molecule has 8 bridgehead atoms. The van der Waals surface area contributed by atoms with Gasteiger partial charge in [-0.2, -0.15) is 5.10 Å². The molecule has 1 aromatic carbocycles. The van der Waals surface area contributed by atoms with Gasteiger partial charge in [0.05, 0.1) is 32.3 Å². The number of nitrogens with zero attached hydrogens (tertiary/aromatic N) is 4. The fraction of sp³-hybridized carbons (Fsp3) is 0. The molecule has 0 radical (unpaired) electrons. The number of hydrogen-bond donors (Lipinski definition) is 3. The van der Waals surface area contributed by atoms with Gasteiger partial charge in [-0.05, 0) is 41.8 Å². The minimum Gasteiger partial charge on any atom is -0.346 e. The van der Waals surface area contributed by atoms with Crippen LogP contribution >= 0.6 is 11.3 Å². The molecule has 142 valence electrons. The monoisotopic (exact) mass is 407 g/mol. The third-order valence-electron chi connectivity index (χ3n) is 5.37. The van der Waals surface area contributed by atoms with Crippen LogP contribution in [-0.2, 0) is 0 Å². The molecule has 0 fully saturated rings. The molecule has 7 rings (SSSR count). The van der Waals surface area contributed by atoms with Crippen molar-refractivity contribution in [2.45, 2.75) is 0 Å². The Balaban J connectivity index is 1.80. The second kappa shape index (κ2) is 5.74. The topological polar surface area (TPSA) is 98.9 Å².